The van der Waals surface area contributed by atoms with E-state index in [4.69, 9.17) is 11.6 Å². The van der Waals surface area contributed by atoms with Crippen molar-refractivity contribution in [2.24, 2.45) is 5.92 Å². The van der Waals surface area contributed by atoms with E-state index in [0.717, 1.165) is 17.6 Å². The van der Waals surface area contributed by atoms with Gasteiger partial charge in [-0.3, -0.25) is 4.79 Å². The van der Waals surface area contributed by atoms with Crippen molar-refractivity contribution >= 4 is 34.3 Å². The van der Waals surface area contributed by atoms with Crippen LogP contribution in [0.3, 0.4) is 0 Å². The highest BCUT2D eigenvalue weighted by Crippen LogP contribution is 2.48. The normalized spacial score (nSPS) is 17.0. The van der Waals surface area contributed by atoms with Crippen LogP contribution in [0, 0.1) is 18.7 Å². The molecule has 0 saturated heterocycles. The van der Waals surface area contributed by atoms with Crippen LogP contribution >= 0.6 is 11.6 Å². The lowest BCUT2D eigenvalue weighted by atomic mass is 9.79. The van der Waals surface area contributed by atoms with Gasteiger partial charge in [-0.1, -0.05) is 43.0 Å². The topological polar surface area (TPSA) is 29.1 Å². The Labute approximate surface area is 170 Å². The monoisotopic (exact) mass is 397 g/mol. The number of fused-ring (bicyclic) bond motifs is 1. The predicted molar refractivity (Wildman–Crippen MR) is 114 cm³/mol. The smallest absolute Gasteiger partial charge is 0.239 e. The average Bonchev–Trinajstić information content (AvgIpc) is 3.08. The Morgan fingerprint density at radius 3 is 2.64 bits per heavy atom. The molecule has 2 aromatic carbocycles. The Kier molecular flexibility index (Phi) is 5.54. The summed E-state index contributed by atoms with van der Waals surface area (Å²) in [5.41, 5.74) is 7.75. The van der Waals surface area contributed by atoms with Crippen molar-refractivity contribution in [1.29, 1.82) is 0 Å². The Morgan fingerprint density at radius 2 is 1.89 bits per heavy atom. The molecule has 2 nitrogen and oxygen atoms in total. The van der Waals surface area contributed by atoms with Crippen LogP contribution in [0.4, 0.5) is 10.1 Å². The van der Waals surface area contributed by atoms with Crippen molar-refractivity contribution in [3.05, 3.63) is 64.5 Å². The zero-order valence-corrected chi connectivity index (χ0v) is 16.9. The third-order valence-electron chi connectivity index (χ3n) is 5.96. The maximum absolute atomic E-state index is 14.2. The fraction of sp³-hybridized carbons (Fsp3) is 0.375. The molecule has 0 atom stereocenters. The van der Waals surface area contributed by atoms with Gasteiger partial charge in [0.1, 0.15) is 11.7 Å². The first-order valence-corrected chi connectivity index (χ1v) is 10.6. The molecule has 4 heteroatoms. The maximum atomic E-state index is 14.2. The van der Waals surface area contributed by atoms with E-state index in [2.05, 4.69) is 30.4 Å². The molecule has 1 amide bonds. The number of halogens is 2. The van der Waals surface area contributed by atoms with E-state index in [1.54, 1.807) is 12.1 Å². The zero-order valence-electron chi connectivity index (χ0n) is 16.2. The number of carbonyl (C=O) groups excluding carboxylic acids is 1. The van der Waals surface area contributed by atoms with Gasteiger partial charge in [0, 0.05) is 11.3 Å². The molecule has 1 saturated carbocycles. The zero-order chi connectivity index (χ0) is 19.7. The Morgan fingerprint density at radius 1 is 1.11 bits per heavy atom. The predicted octanol–water partition coefficient (Wildman–Crippen LogP) is 6.36. The lowest BCUT2D eigenvalue weighted by Crippen LogP contribution is -2.14. The largest absolute Gasteiger partial charge is 0.324 e. The number of nitrogens with one attached hydrogen (secondary N) is 1. The number of hydrogen-bond acceptors (Lipinski definition) is 1. The van der Waals surface area contributed by atoms with E-state index >= 15 is 0 Å². The van der Waals surface area contributed by atoms with Crippen LogP contribution in [0.15, 0.2) is 36.4 Å². The van der Waals surface area contributed by atoms with Crippen molar-refractivity contribution in [2.45, 2.75) is 45.4 Å². The highest BCUT2D eigenvalue weighted by Gasteiger charge is 2.30. The summed E-state index contributed by atoms with van der Waals surface area (Å²) < 4.78 is 14.2. The van der Waals surface area contributed by atoms with E-state index in [0.29, 0.717) is 11.6 Å². The van der Waals surface area contributed by atoms with Crippen molar-refractivity contribution in [1.82, 2.24) is 0 Å². The molecule has 0 heterocycles. The van der Waals surface area contributed by atoms with Crippen LogP contribution in [0.1, 0.15) is 54.4 Å². The van der Waals surface area contributed by atoms with Crippen molar-refractivity contribution in [3.8, 4) is 0 Å². The summed E-state index contributed by atoms with van der Waals surface area (Å²) in [6.07, 6.45) is 6.88. The van der Waals surface area contributed by atoms with Gasteiger partial charge < -0.3 is 5.32 Å². The van der Waals surface area contributed by atoms with Crippen molar-refractivity contribution < 1.29 is 9.18 Å². The first-order valence-electron chi connectivity index (χ1n) is 10.1. The van der Waals surface area contributed by atoms with Crippen LogP contribution in [-0.2, 0) is 11.2 Å². The second-order valence-corrected chi connectivity index (χ2v) is 8.20. The van der Waals surface area contributed by atoms with Gasteiger partial charge in [-0.15, -0.1) is 11.6 Å². The summed E-state index contributed by atoms with van der Waals surface area (Å²) in [5.74, 6) is -0.195. The number of alkyl halides is 1. The van der Waals surface area contributed by atoms with Gasteiger partial charge >= 0.3 is 0 Å². The van der Waals surface area contributed by atoms with Gasteiger partial charge in [0.2, 0.25) is 5.91 Å². The van der Waals surface area contributed by atoms with Crippen molar-refractivity contribution in [2.75, 3.05) is 11.2 Å². The van der Waals surface area contributed by atoms with E-state index in [1.807, 2.05) is 0 Å². The number of anilines is 1. The second-order valence-electron chi connectivity index (χ2n) is 7.94. The van der Waals surface area contributed by atoms with Crippen LogP contribution in [0.25, 0.3) is 11.1 Å². The second kappa shape index (κ2) is 8.08. The van der Waals surface area contributed by atoms with Crippen LogP contribution < -0.4 is 5.32 Å². The average molecular weight is 398 g/mol. The molecule has 0 radical (unpaired) electrons. The summed E-state index contributed by atoms with van der Waals surface area (Å²) in [5, 5.41) is 2.85. The van der Waals surface area contributed by atoms with E-state index in [-0.39, 0.29) is 17.6 Å². The highest BCUT2D eigenvalue weighted by atomic mass is 35.5. The fourth-order valence-electron chi connectivity index (χ4n) is 4.74. The molecule has 0 bridgehead atoms. The molecular weight excluding hydrogens is 373 g/mol. The third kappa shape index (κ3) is 3.73. The summed E-state index contributed by atoms with van der Waals surface area (Å²) >= 11 is 5.69. The van der Waals surface area contributed by atoms with Crippen LogP contribution in [0.5, 0.6) is 0 Å². The van der Waals surface area contributed by atoms with Gasteiger partial charge in [0.15, 0.2) is 0 Å². The SMILES string of the molecule is Cc1ccc2c(c1)CC(c1cc(F)ccc1NC(=O)CCl)=C2C1CCCCC1. The molecule has 1 N–H and O–H groups in total. The lowest BCUT2D eigenvalue weighted by molar-refractivity contribution is -0.113. The first-order chi connectivity index (χ1) is 13.6. The third-order valence-corrected chi connectivity index (χ3v) is 6.20. The number of aryl methyl sites for hydroxylation is 1. The van der Waals surface area contributed by atoms with Gasteiger partial charge in [-0.05, 0) is 72.6 Å². The standard InChI is InChI=1S/C24H25ClFNO/c1-15-7-9-19-17(11-15)12-21(24(19)16-5-3-2-4-6-16)20-13-18(26)8-10-22(20)27-23(28)14-25/h7-11,13,16H,2-6,12,14H2,1H3,(H,27,28). The molecule has 146 valence electrons. The lowest BCUT2D eigenvalue weighted by Gasteiger charge is -2.26. The Bertz CT molecular complexity index is 944. The Balaban J connectivity index is 1.86. The number of rotatable bonds is 4. The van der Waals surface area contributed by atoms with E-state index in [1.165, 1.54) is 60.4 Å². The number of benzene rings is 2. The molecule has 2 aromatic rings. The number of amides is 1. The molecule has 4 rings (SSSR count). The van der Waals surface area contributed by atoms with Gasteiger partial charge in [0.05, 0.1) is 0 Å². The van der Waals surface area contributed by atoms with Gasteiger partial charge in [0.25, 0.3) is 0 Å². The highest BCUT2D eigenvalue weighted by molar-refractivity contribution is 6.29. The maximum Gasteiger partial charge on any atom is 0.239 e. The fourth-order valence-corrected chi connectivity index (χ4v) is 4.80. The first kappa shape index (κ1) is 19.2. The molecule has 0 aromatic heterocycles. The number of allylic oxidation sites excluding steroid dienone is 2. The number of hydrogen-bond donors (Lipinski definition) is 1. The molecule has 0 aliphatic heterocycles. The van der Waals surface area contributed by atoms with Crippen LogP contribution in [-0.4, -0.2) is 11.8 Å². The van der Waals surface area contributed by atoms with Crippen LogP contribution in [0.2, 0.25) is 0 Å². The molecule has 28 heavy (non-hydrogen) atoms. The summed E-state index contributed by atoms with van der Waals surface area (Å²) in [6, 6.07) is 11.2. The Hall–Kier alpha value is -2.13. The van der Waals surface area contributed by atoms with Crippen molar-refractivity contribution in [3.63, 3.8) is 0 Å². The van der Waals surface area contributed by atoms with E-state index < -0.39 is 0 Å². The molecule has 0 unspecified atom stereocenters. The molecule has 2 aliphatic carbocycles. The minimum absolute atomic E-state index is 0.120. The van der Waals surface area contributed by atoms with Gasteiger partial charge in [-0.25, -0.2) is 4.39 Å². The van der Waals surface area contributed by atoms with E-state index in [9.17, 15) is 9.18 Å². The minimum atomic E-state index is -0.290. The summed E-state index contributed by atoms with van der Waals surface area (Å²) in [7, 11) is 0. The molecule has 1 fully saturated rings. The number of carbonyl (C=O) groups is 1. The minimum Gasteiger partial charge on any atom is -0.324 e. The summed E-state index contributed by atoms with van der Waals surface area (Å²) in [6.45, 7) is 2.10. The summed E-state index contributed by atoms with van der Waals surface area (Å²) in [4.78, 5) is 11.9. The quantitative estimate of drug-likeness (QED) is 0.597. The van der Waals surface area contributed by atoms with Gasteiger partial charge in [-0.2, -0.15) is 0 Å². The molecule has 2 aliphatic rings. The molecular formula is C24H25ClFNO. The molecule has 0 spiro atoms.